The standard InChI is InChI=1S/C18H23ClN2O4S/c1-26(23,24)21-16(22)14-5-15(19)17(20-9-14)25-10-18-6-11-2-12(7-18)4-13(3-11)8-18/h5,9,11-13H,2-4,6-8,10H2,1H3,(H,21,22). The first kappa shape index (κ1) is 18.0. The first-order chi connectivity index (χ1) is 12.2. The summed E-state index contributed by atoms with van der Waals surface area (Å²) < 4.78 is 30.2. The van der Waals surface area contributed by atoms with E-state index in [9.17, 15) is 13.2 Å². The number of pyridine rings is 1. The number of nitrogens with one attached hydrogen (secondary N) is 1. The fourth-order valence-corrected chi connectivity index (χ4v) is 6.25. The third kappa shape index (κ3) is 3.69. The van der Waals surface area contributed by atoms with Gasteiger partial charge in [-0.3, -0.25) is 4.79 Å². The van der Waals surface area contributed by atoms with Gasteiger partial charge in [-0.2, -0.15) is 0 Å². The van der Waals surface area contributed by atoms with Gasteiger partial charge in [-0.05, 0) is 62.3 Å². The van der Waals surface area contributed by atoms with E-state index in [0.717, 1.165) is 24.0 Å². The number of hydrogen-bond donors (Lipinski definition) is 1. The second-order valence-corrected chi connectivity index (χ2v) is 10.6. The van der Waals surface area contributed by atoms with Crippen molar-refractivity contribution in [2.24, 2.45) is 23.2 Å². The molecule has 0 aliphatic heterocycles. The van der Waals surface area contributed by atoms with Crippen LogP contribution in [0.3, 0.4) is 0 Å². The average Bonchev–Trinajstić information content (AvgIpc) is 2.50. The van der Waals surface area contributed by atoms with E-state index in [-0.39, 0.29) is 16.0 Å². The van der Waals surface area contributed by atoms with Crippen LogP contribution in [0.25, 0.3) is 0 Å². The van der Waals surface area contributed by atoms with Crippen LogP contribution in [0.2, 0.25) is 5.02 Å². The molecule has 4 aliphatic carbocycles. The van der Waals surface area contributed by atoms with Crippen molar-refractivity contribution in [1.82, 2.24) is 9.71 Å². The van der Waals surface area contributed by atoms with Gasteiger partial charge in [-0.1, -0.05) is 11.6 Å². The van der Waals surface area contributed by atoms with Gasteiger partial charge in [0.1, 0.15) is 5.02 Å². The molecule has 1 amide bonds. The Morgan fingerprint density at radius 1 is 1.27 bits per heavy atom. The van der Waals surface area contributed by atoms with Gasteiger partial charge in [-0.25, -0.2) is 18.1 Å². The molecule has 0 saturated heterocycles. The summed E-state index contributed by atoms with van der Waals surface area (Å²) in [7, 11) is -3.63. The highest BCUT2D eigenvalue weighted by atomic mass is 35.5. The van der Waals surface area contributed by atoms with Crippen molar-refractivity contribution < 1.29 is 17.9 Å². The topological polar surface area (TPSA) is 85.4 Å². The lowest BCUT2D eigenvalue weighted by atomic mass is 9.50. The molecule has 0 atom stereocenters. The van der Waals surface area contributed by atoms with Crippen molar-refractivity contribution in [3.63, 3.8) is 0 Å². The summed E-state index contributed by atoms with van der Waals surface area (Å²) in [6, 6.07) is 1.39. The lowest BCUT2D eigenvalue weighted by molar-refractivity contribution is -0.0751. The van der Waals surface area contributed by atoms with Gasteiger partial charge in [0.25, 0.3) is 5.91 Å². The van der Waals surface area contributed by atoms with Gasteiger partial charge in [0, 0.05) is 11.6 Å². The van der Waals surface area contributed by atoms with Crippen LogP contribution in [0.1, 0.15) is 48.9 Å². The minimum absolute atomic E-state index is 0.0857. The molecule has 1 aromatic heterocycles. The van der Waals surface area contributed by atoms with Crippen LogP contribution in [0.15, 0.2) is 12.3 Å². The molecular formula is C18H23ClN2O4S. The first-order valence-electron chi connectivity index (χ1n) is 9.02. The van der Waals surface area contributed by atoms with Gasteiger partial charge in [0.15, 0.2) is 0 Å². The van der Waals surface area contributed by atoms with Crippen molar-refractivity contribution in [3.05, 3.63) is 22.8 Å². The van der Waals surface area contributed by atoms with Crippen LogP contribution in [0.4, 0.5) is 0 Å². The lowest BCUT2D eigenvalue weighted by Crippen LogP contribution is -2.48. The number of amides is 1. The maximum Gasteiger partial charge on any atom is 0.266 e. The van der Waals surface area contributed by atoms with E-state index in [1.807, 2.05) is 4.72 Å². The van der Waals surface area contributed by atoms with Gasteiger partial charge < -0.3 is 4.74 Å². The molecule has 8 heteroatoms. The number of ether oxygens (including phenoxy) is 1. The zero-order valence-corrected chi connectivity index (χ0v) is 16.3. The highest BCUT2D eigenvalue weighted by molar-refractivity contribution is 7.89. The molecule has 5 rings (SSSR count). The molecule has 4 saturated carbocycles. The molecule has 1 aromatic rings. The van der Waals surface area contributed by atoms with Crippen LogP contribution in [-0.4, -0.2) is 32.2 Å². The number of carbonyl (C=O) groups excluding carboxylic acids is 1. The van der Waals surface area contributed by atoms with Gasteiger partial charge >= 0.3 is 0 Å². The second-order valence-electron chi connectivity index (χ2n) is 8.42. The molecule has 0 radical (unpaired) electrons. The quantitative estimate of drug-likeness (QED) is 0.823. The smallest absolute Gasteiger partial charge is 0.266 e. The number of hydrogen-bond acceptors (Lipinski definition) is 5. The lowest BCUT2D eigenvalue weighted by Gasteiger charge is -2.56. The van der Waals surface area contributed by atoms with Gasteiger partial charge in [0.05, 0.1) is 18.4 Å². The third-order valence-corrected chi connectivity index (χ3v) is 6.85. The Labute approximate surface area is 158 Å². The summed E-state index contributed by atoms with van der Waals surface area (Å²) in [5.41, 5.74) is 0.328. The van der Waals surface area contributed by atoms with E-state index in [1.54, 1.807) is 0 Å². The Hall–Kier alpha value is -1.34. The minimum atomic E-state index is -3.63. The summed E-state index contributed by atoms with van der Waals surface area (Å²) in [5, 5.41) is 0.218. The van der Waals surface area contributed by atoms with Crippen molar-refractivity contribution in [3.8, 4) is 5.88 Å². The summed E-state index contributed by atoms with van der Waals surface area (Å²) in [5.74, 6) is 2.08. The van der Waals surface area contributed by atoms with Crippen LogP contribution >= 0.6 is 11.6 Å². The molecule has 1 N–H and O–H groups in total. The SMILES string of the molecule is CS(=O)(=O)NC(=O)c1cnc(OCC23CC4CC(CC(C4)C2)C3)c(Cl)c1. The number of halogens is 1. The minimum Gasteiger partial charge on any atom is -0.476 e. The monoisotopic (exact) mass is 398 g/mol. The zero-order chi connectivity index (χ0) is 18.5. The number of sulfonamides is 1. The Morgan fingerprint density at radius 3 is 2.35 bits per heavy atom. The highest BCUT2D eigenvalue weighted by Gasteiger charge is 2.51. The Kier molecular flexibility index (Phi) is 4.42. The maximum atomic E-state index is 11.9. The van der Waals surface area contributed by atoms with Crippen LogP contribution in [0.5, 0.6) is 5.88 Å². The van der Waals surface area contributed by atoms with E-state index in [4.69, 9.17) is 16.3 Å². The Balaban J connectivity index is 1.44. The average molecular weight is 399 g/mol. The summed E-state index contributed by atoms with van der Waals surface area (Å²) in [6.07, 6.45) is 10.0. The van der Waals surface area contributed by atoms with Crippen molar-refractivity contribution >= 4 is 27.5 Å². The zero-order valence-electron chi connectivity index (χ0n) is 14.7. The number of carbonyl (C=O) groups is 1. The van der Waals surface area contributed by atoms with Crippen molar-refractivity contribution in [2.45, 2.75) is 38.5 Å². The fraction of sp³-hybridized carbons (Fsp3) is 0.667. The van der Waals surface area contributed by atoms with E-state index in [0.29, 0.717) is 12.5 Å². The normalized spacial score (nSPS) is 32.5. The van der Waals surface area contributed by atoms with Crippen LogP contribution < -0.4 is 9.46 Å². The number of rotatable bonds is 5. The van der Waals surface area contributed by atoms with Crippen molar-refractivity contribution in [2.75, 3.05) is 12.9 Å². The number of nitrogens with zero attached hydrogens (tertiary/aromatic N) is 1. The predicted octanol–water partition coefficient (Wildman–Crippen LogP) is 3.02. The molecule has 0 unspecified atom stereocenters. The molecule has 4 fully saturated rings. The predicted molar refractivity (Wildman–Crippen MR) is 97.7 cm³/mol. The molecular weight excluding hydrogens is 376 g/mol. The largest absolute Gasteiger partial charge is 0.476 e. The molecule has 0 spiro atoms. The molecule has 0 aromatic carbocycles. The van der Waals surface area contributed by atoms with E-state index < -0.39 is 15.9 Å². The molecule has 6 nitrogen and oxygen atoms in total. The van der Waals surface area contributed by atoms with E-state index >= 15 is 0 Å². The van der Waals surface area contributed by atoms with Crippen molar-refractivity contribution in [1.29, 1.82) is 0 Å². The van der Waals surface area contributed by atoms with Gasteiger partial charge in [0.2, 0.25) is 15.9 Å². The maximum absolute atomic E-state index is 11.9. The second kappa shape index (κ2) is 6.37. The molecule has 26 heavy (non-hydrogen) atoms. The van der Waals surface area contributed by atoms with E-state index in [1.165, 1.54) is 50.8 Å². The summed E-state index contributed by atoms with van der Waals surface area (Å²) in [4.78, 5) is 16.0. The summed E-state index contributed by atoms with van der Waals surface area (Å²) >= 11 is 6.21. The van der Waals surface area contributed by atoms with E-state index in [2.05, 4.69) is 4.98 Å². The Bertz CT molecular complexity index is 804. The van der Waals surface area contributed by atoms with Crippen LogP contribution in [0, 0.1) is 23.2 Å². The molecule has 4 bridgehead atoms. The third-order valence-electron chi connectivity index (χ3n) is 6.03. The first-order valence-corrected chi connectivity index (χ1v) is 11.3. The number of aromatic nitrogens is 1. The highest BCUT2D eigenvalue weighted by Crippen LogP contribution is 2.60. The molecule has 1 heterocycles. The molecule has 4 aliphatic rings. The van der Waals surface area contributed by atoms with Gasteiger partial charge in [-0.15, -0.1) is 0 Å². The Morgan fingerprint density at radius 2 is 1.85 bits per heavy atom. The summed E-state index contributed by atoms with van der Waals surface area (Å²) in [6.45, 7) is 0.609. The fourth-order valence-electron chi connectivity index (χ4n) is 5.57. The van der Waals surface area contributed by atoms with Crippen LogP contribution in [-0.2, 0) is 10.0 Å². The molecule has 142 valence electrons.